The maximum atomic E-state index is 12.9. The number of nitrogens with one attached hydrogen (secondary N) is 2. The molecule has 1 aromatic rings. The summed E-state index contributed by atoms with van der Waals surface area (Å²) in [4.78, 5) is 6.79. The maximum Gasteiger partial charge on any atom is 0.190 e. The topological polar surface area (TPSA) is 39.7 Å². The fraction of sp³-hybridized carbons (Fsp3) is 0.611. The molecule has 2 N–H and O–H groups in total. The van der Waals surface area contributed by atoms with E-state index in [4.69, 9.17) is 0 Å². The Balaban J connectivity index is 0.00000288. The number of hydrogen-bond acceptors (Lipinski definition) is 2. The minimum absolute atomic E-state index is 0. The van der Waals surface area contributed by atoms with Crippen LogP contribution in [0.3, 0.4) is 0 Å². The number of aliphatic imine (C=N–C) groups is 1. The lowest BCUT2D eigenvalue weighted by Crippen LogP contribution is -2.44. The molecule has 1 aliphatic heterocycles. The van der Waals surface area contributed by atoms with Crippen LogP contribution in [0.15, 0.2) is 29.3 Å². The number of nitrogens with zero attached hydrogens (tertiary/aromatic N) is 2. The summed E-state index contributed by atoms with van der Waals surface area (Å²) in [5, 5.41) is 6.76. The van der Waals surface area contributed by atoms with E-state index in [9.17, 15) is 4.39 Å². The Morgan fingerprint density at radius 2 is 2.04 bits per heavy atom. The van der Waals surface area contributed by atoms with Gasteiger partial charge in [-0.2, -0.15) is 0 Å². The SMILES string of the molecule is CCN1CCCC(CNC(=NC)NCCc2ccc(F)cc2)C1.I. The Bertz CT molecular complexity index is 492. The molecule has 6 heteroatoms. The van der Waals surface area contributed by atoms with Crippen LogP contribution in [0.5, 0.6) is 0 Å². The van der Waals surface area contributed by atoms with Gasteiger partial charge in [-0.15, -0.1) is 24.0 Å². The third-order valence-electron chi connectivity index (χ3n) is 4.45. The molecule has 2 rings (SSSR count). The van der Waals surface area contributed by atoms with Crippen LogP contribution in [0, 0.1) is 11.7 Å². The monoisotopic (exact) mass is 448 g/mol. The first-order valence-electron chi connectivity index (χ1n) is 8.62. The minimum Gasteiger partial charge on any atom is -0.356 e. The Hall–Kier alpha value is -0.890. The van der Waals surface area contributed by atoms with Gasteiger partial charge in [0.1, 0.15) is 5.82 Å². The van der Waals surface area contributed by atoms with Crippen molar-refractivity contribution in [1.82, 2.24) is 15.5 Å². The van der Waals surface area contributed by atoms with Gasteiger partial charge in [0.05, 0.1) is 0 Å². The molecule has 1 fully saturated rings. The minimum atomic E-state index is -0.187. The van der Waals surface area contributed by atoms with E-state index in [2.05, 4.69) is 27.4 Å². The molecular weight excluding hydrogens is 418 g/mol. The van der Waals surface area contributed by atoms with Crippen molar-refractivity contribution >= 4 is 29.9 Å². The lowest BCUT2D eigenvalue weighted by Gasteiger charge is -2.32. The van der Waals surface area contributed by atoms with Gasteiger partial charge in [-0.25, -0.2) is 4.39 Å². The molecule has 1 aromatic carbocycles. The molecule has 0 bridgehead atoms. The standard InChI is InChI=1S/C18H29FN4.HI/c1-3-23-12-4-5-16(14-23)13-22-18(20-2)21-11-10-15-6-8-17(19)9-7-15;/h6-9,16H,3-5,10-14H2,1-2H3,(H2,20,21,22);1H. The lowest BCUT2D eigenvalue weighted by molar-refractivity contribution is 0.183. The fourth-order valence-corrected chi connectivity index (χ4v) is 3.04. The van der Waals surface area contributed by atoms with Crippen molar-refractivity contribution in [2.24, 2.45) is 10.9 Å². The van der Waals surface area contributed by atoms with E-state index in [0.29, 0.717) is 5.92 Å². The van der Waals surface area contributed by atoms with Gasteiger partial charge in [0.25, 0.3) is 0 Å². The summed E-state index contributed by atoms with van der Waals surface area (Å²) >= 11 is 0. The Kier molecular flexibility index (Phi) is 10.2. The van der Waals surface area contributed by atoms with Gasteiger partial charge in [-0.3, -0.25) is 4.99 Å². The summed E-state index contributed by atoms with van der Waals surface area (Å²) < 4.78 is 12.9. The van der Waals surface area contributed by atoms with Crippen molar-refractivity contribution in [2.45, 2.75) is 26.2 Å². The molecular formula is C18H30FIN4. The van der Waals surface area contributed by atoms with E-state index < -0.39 is 0 Å². The Morgan fingerprint density at radius 1 is 1.29 bits per heavy atom. The van der Waals surface area contributed by atoms with E-state index in [0.717, 1.165) is 37.6 Å². The van der Waals surface area contributed by atoms with Crippen molar-refractivity contribution < 1.29 is 4.39 Å². The highest BCUT2D eigenvalue weighted by Crippen LogP contribution is 2.15. The van der Waals surface area contributed by atoms with Crippen LogP contribution in [0.4, 0.5) is 4.39 Å². The molecule has 1 atom stereocenters. The quantitative estimate of drug-likeness (QED) is 0.400. The summed E-state index contributed by atoms with van der Waals surface area (Å²) in [5.74, 6) is 1.35. The summed E-state index contributed by atoms with van der Waals surface area (Å²) in [7, 11) is 1.80. The van der Waals surface area contributed by atoms with Gasteiger partial charge in [-0.05, 0) is 56.0 Å². The van der Waals surface area contributed by atoms with Crippen LogP contribution in [-0.4, -0.2) is 50.6 Å². The van der Waals surface area contributed by atoms with Crippen LogP contribution in [0.1, 0.15) is 25.3 Å². The summed E-state index contributed by atoms with van der Waals surface area (Å²) in [6, 6.07) is 6.67. The van der Waals surface area contributed by atoms with Crippen molar-refractivity contribution in [3.05, 3.63) is 35.6 Å². The largest absolute Gasteiger partial charge is 0.356 e. The number of benzene rings is 1. The summed E-state index contributed by atoms with van der Waals surface area (Å²) in [6.07, 6.45) is 3.43. The first kappa shape index (κ1) is 21.2. The molecule has 24 heavy (non-hydrogen) atoms. The van der Waals surface area contributed by atoms with Gasteiger partial charge in [-0.1, -0.05) is 19.1 Å². The normalized spacial score (nSPS) is 18.8. The molecule has 0 spiro atoms. The molecule has 1 unspecified atom stereocenters. The number of likely N-dealkylation sites (tertiary alicyclic amines) is 1. The van der Waals surface area contributed by atoms with Gasteiger partial charge in [0.2, 0.25) is 0 Å². The zero-order valence-electron chi connectivity index (χ0n) is 14.7. The van der Waals surface area contributed by atoms with Crippen molar-refractivity contribution in [2.75, 3.05) is 39.8 Å². The first-order chi connectivity index (χ1) is 11.2. The molecule has 4 nitrogen and oxygen atoms in total. The predicted octanol–water partition coefficient (Wildman–Crippen LogP) is 2.88. The second kappa shape index (κ2) is 11.6. The highest BCUT2D eigenvalue weighted by Gasteiger charge is 2.18. The number of guanidine groups is 1. The number of piperidine rings is 1. The zero-order chi connectivity index (χ0) is 16.5. The fourth-order valence-electron chi connectivity index (χ4n) is 3.04. The van der Waals surface area contributed by atoms with E-state index in [1.54, 1.807) is 7.05 Å². The molecule has 1 heterocycles. The Labute approximate surface area is 162 Å². The van der Waals surface area contributed by atoms with E-state index in [-0.39, 0.29) is 29.8 Å². The number of halogens is 2. The lowest BCUT2D eigenvalue weighted by atomic mass is 9.98. The molecule has 0 aromatic heterocycles. The van der Waals surface area contributed by atoms with Crippen molar-refractivity contribution in [3.63, 3.8) is 0 Å². The molecule has 0 radical (unpaired) electrons. The van der Waals surface area contributed by atoms with Gasteiger partial charge in [0.15, 0.2) is 5.96 Å². The first-order valence-corrected chi connectivity index (χ1v) is 8.62. The smallest absolute Gasteiger partial charge is 0.190 e. The van der Waals surface area contributed by atoms with Crippen LogP contribution in [0.25, 0.3) is 0 Å². The van der Waals surface area contributed by atoms with Gasteiger partial charge in [0, 0.05) is 26.7 Å². The van der Waals surface area contributed by atoms with Crippen molar-refractivity contribution in [3.8, 4) is 0 Å². The highest BCUT2D eigenvalue weighted by molar-refractivity contribution is 14.0. The zero-order valence-corrected chi connectivity index (χ0v) is 17.1. The van der Waals surface area contributed by atoms with Crippen LogP contribution in [-0.2, 0) is 6.42 Å². The van der Waals surface area contributed by atoms with Gasteiger partial charge < -0.3 is 15.5 Å². The number of hydrogen-bond donors (Lipinski definition) is 2. The highest BCUT2D eigenvalue weighted by atomic mass is 127. The average molecular weight is 448 g/mol. The van der Waals surface area contributed by atoms with Crippen LogP contribution in [0.2, 0.25) is 0 Å². The van der Waals surface area contributed by atoms with E-state index in [1.165, 1.54) is 38.1 Å². The van der Waals surface area contributed by atoms with Crippen LogP contribution < -0.4 is 10.6 Å². The van der Waals surface area contributed by atoms with Gasteiger partial charge >= 0.3 is 0 Å². The van der Waals surface area contributed by atoms with Crippen molar-refractivity contribution in [1.29, 1.82) is 0 Å². The summed E-state index contributed by atoms with van der Waals surface area (Å²) in [6.45, 7) is 7.53. The molecule has 136 valence electrons. The molecule has 1 saturated heterocycles. The average Bonchev–Trinajstić information content (AvgIpc) is 2.59. The molecule has 0 amide bonds. The maximum absolute atomic E-state index is 12.9. The molecule has 0 aliphatic carbocycles. The second-order valence-electron chi connectivity index (χ2n) is 6.16. The molecule has 1 aliphatic rings. The number of rotatable bonds is 6. The third-order valence-corrected chi connectivity index (χ3v) is 4.45. The third kappa shape index (κ3) is 7.34. The summed E-state index contributed by atoms with van der Waals surface area (Å²) in [5.41, 5.74) is 1.13. The molecule has 0 saturated carbocycles. The Morgan fingerprint density at radius 3 is 2.71 bits per heavy atom. The predicted molar refractivity (Wildman–Crippen MR) is 110 cm³/mol. The van der Waals surface area contributed by atoms with E-state index >= 15 is 0 Å². The van der Waals surface area contributed by atoms with Crippen LogP contribution >= 0.6 is 24.0 Å². The van der Waals surface area contributed by atoms with E-state index in [1.807, 2.05) is 12.1 Å². The second-order valence-corrected chi connectivity index (χ2v) is 6.16.